The summed E-state index contributed by atoms with van der Waals surface area (Å²) in [6, 6.07) is 0. The predicted molar refractivity (Wildman–Crippen MR) is 78.0 cm³/mol. The van der Waals surface area contributed by atoms with Gasteiger partial charge in [0.1, 0.15) is 0 Å². The van der Waals surface area contributed by atoms with Gasteiger partial charge in [-0.3, -0.25) is 4.79 Å². The summed E-state index contributed by atoms with van der Waals surface area (Å²) in [6.07, 6.45) is 2.05. The van der Waals surface area contributed by atoms with Crippen molar-refractivity contribution in [3.8, 4) is 0 Å². The number of carbonyl (C=O) groups excluding carboxylic acids is 1. The van der Waals surface area contributed by atoms with E-state index in [0.717, 1.165) is 30.8 Å². The maximum atomic E-state index is 11.6. The van der Waals surface area contributed by atoms with Crippen LogP contribution in [0.3, 0.4) is 0 Å². The van der Waals surface area contributed by atoms with Crippen molar-refractivity contribution >= 4 is 29.9 Å². The largest absolute Gasteiger partial charge is 0.355 e. The first-order valence-electron chi connectivity index (χ1n) is 6.23. The minimum atomic E-state index is 0. The third-order valence-electron chi connectivity index (χ3n) is 2.59. The molecule has 0 aromatic carbocycles. The molecule has 0 spiro atoms. The number of carbonyl (C=O) groups is 1. The van der Waals surface area contributed by atoms with E-state index in [4.69, 9.17) is 16.1 Å². The van der Waals surface area contributed by atoms with Gasteiger partial charge in [-0.05, 0) is 37.9 Å². The molecule has 5 nitrogen and oxygen atoms in total. The number of halogens is 2. The van der Waals surface area contributed by atoms with Gasteiger partial charge in [0.15, 0.2) is 0 Å². The molecular weight excluding hydrogens is 289 g/mol. The Labute approximate surface area is 124 Å². The summed E-state index contributed by atoms with van der Waals surface area (Å²) in [7, 11) is 0. The van der Waals surface area contributed by atoms with E-state index in [1.165, 1.54) is 0 Å². The van der Waals surface area contributed by atoms with Gasteiger partial charge in [0, 0.05) is 25.1 Å². The lowest BCUT2D eigenvalue weighted by atomic mass is 10.1. The molecule has 1 aromatic heterocycles. The highest BCUT2D eigenvalue weighted by Gasteiger charge is 2.12. The smallest absolute Gasteiger partial charge is 0.229 e. The number of amides is 1. The number of aromatic nitrogens is 1. The normalized spacial score (nSPS) is 10.1. The van der Waals surface area contributed by atoms with Crippen LogP contribution in [-0.2, 0) is 11.2 Å². The second-order valence-electron chi connectivity index (χ2n) is 4.12. The van der Waals surface area contributed by atoms with Crippen LogP contribution < -0.4 is 10.6 Å². The van der Waals surface area contributed by atoms with E-state index in [9.17, 15) is 4.79 Å². The lowest BCUT2D eigenvalue weighted by molar-refractivity contribution is -0.121. The first-order valence-corrected chi connectivity index (χ1v) is 6.61. The lowest BCUT2D eigenvalue weighted by Crippen LogP contribution is -2.32. The predicted octanol–water partition coefficient (Wildman–Crippen LogP) is 2.11. The molecule has 1 aromatic rings. The van der Waals surface area contributed by atoms with Gasteiger partial charge in [-0.2, -0.15) is 0 Å². The van der Waals surface area contributed by atoms with E-state index >= 15 is 0 Å². The van der Waals surface area contributed by atoms with E-state index in [1.807, 2.05) is 6.92 Å². The highest BCUT2D eigenvalue weighted by molar-refractivity contribution is 6.29. The van der Waals surface area contributed by atoms with Crippen molar-refractivity contribution in [1.29, 1.82) is 0 Å². The molecule has 19 heavy (non-hydrogen) atoms. The van der Waals surface area contributed by atoms with Crippen LogP contribution in [-0.4, -0.2) is 30.7 Å². The topological polar surface area (TPSA) is 67.2 Å². The van der Waals surface area contributed by atoms with Crippen LogP contribution >= 0.6 is 24.0 Å². The number of hydrogen-bond donors (Lipinski definition) is 2. The lowest BCUT2D eigenvalue weighted by Gasteiger charge is -2.05. The zero-order valence-electron chi connectivity index (χ0n) is 11.3. The zero-order valence-corrected chi connectivity index (χ0v) is 12.9. The molecule has 0 fully saturated rings. The van der Waals surface area contributed by atoms with Gasteiger partial charge in [-0.15, -0.1) is 12.4 Å². The van der Waals surface area contributed by atoms with E-state index in [-0.39, 0.29) is 23.5 Å². The maximum absolute atomic E-state index is 11.6. The SMILES string of the molecule is CCCNCCNC(=O)CCc1c(C)noc1Cl.Cl. The molecular formula is C12H21Cl2N3O2. The molecule has 0 bridgehead atoms. The van der Waals surface area contributed by atoms with Crippen LogP contribution in [0.15, 0.2) is 4.52 Å². The van der Waals surface area contributed by atoms with Gasteiger partial charge < -0.3 is 15.2 Å². The Bertz CT molecular complexity index is 364. The first kappa shape index (κ1) is 18.2. The minimum Gasteiger partial charge on any atom is -0.355 e. The standard InChI is InChI=1S/C12H20ClN3O2.ClH/c1-3-6-14-7-8-15-11(17)5-4-10-9(2)16-18-12(10)13;/h14H,3-8H2,1-2H3,(H,15,17);1H. The molecule has 0 saturated carbocycles. The van der Waals surface area contributed by atoms with Crippen molar-refractivity contribution in [2.75, 3.05) is 19.6 Å². The molecule has 1 amide bonds. The van der Waals surface area contributed by atoms with Crippen LogP contribution in [0.4, 0.5) is 0 Å². The highest BCUT2D eigenvalue weighted by Crippen LogP contribution is 2.20. The van der Waals surface area contributed by atoms with Crippen molar-refractivity contribution in [2.24, 2.45) is 0 Å². The molecule has 110 valence electrons. The molecule has 1 heterocycles. The Hall–Kier alpha value is -0.780. The molecule has 2 N–H and O–H groups in total. The molecule has 1 rings (SSSR count). The van der Waals surface area contributed by atoms with Gasteiger partial charge in [-0.1, -0.05) is 12.1 Å². The molecule has 0 radical (unpaired) electrons. The summed E-state index contributed by atoms with van der Waals surface area (Å²) >= 11 is 5.82. The summed E-state index contributed by atoms with van der Waals surface area (Å²) in [4.78, 5) is 11.6. The van der Waals surface area contributed by atoms with Gasteiger partial charge in [0.25, 0.3) is 0 Å². The van der Waals surface area contributed by atoms with E-state index < -0.39 is 0 Å². The minimum absolute atomic E-state index is 0. The summed E-state index contributed by atoms with van der Waals surface area (Å²) in [6.45, 7) is 6.35. The molecule has 0 unspecified atom stereocenters. The van der Waals surface area contributed by atoms with E-state index in [2.05, 4.69) is 22.7 Å². The van der Waals surface area contributed by atoms with Crippen molar-refractivity contribution in [1.82, 2.24) is 15.8 Å². The quantitative estimate of drug-likeness (QED) is 0.722. The maximum Gasteiger partial charge on any atom is 0.229 e. The monoisotopic (exact) mass is 309 g/mol. The number of aryl methyl sites for hydroxylation is 1. The first-order chi connectivity index (χ1) is 8.65. The van der Waals surface area contributed by atoms with Gasteiger partial charge >= 0.3 is 0 Å². The molecule has 0 atom stereocenters. The molecule has 0 saturated heterocycles. The van der Waals surface area contributed by atoms with Gasteiger partial charge in [0.05, 0.1) is 5.69 Å². The van der Waals surface area contributed by atoms with Crippen LogP contribution in [0, 0.1) is 6.92 Å². The molecule has 0 aliphatic heterocycles. The van der Waals surface area contributed by atoms with Crippen molar-refractivity contribution in [3.05, 3.63) is 16.5 Å². The summed E-state index contributed by atoms with van der Waals surface area (Å²) in [5, 5.41) is 10.1. The average Bonchev–Trinajstić information content (AvgIpc) is 2.66. The van der Waals surface area contributed by atoms with Crippen molar-refractivity contribution in [3.63, 3.8) is 0 Å². The Morgan fingerprint density at radius 3 is 2.68 bits per heavy atom. The fraction of sp³-hybridized carbons (Fsp3) is 0.667. The number of nitrogens with one attached hydrogen (secondary N) is 2. The molecule has 0 aliphatic rings. The summed E-state index contributed by atoms with van der Waals surface area (Å²) in [5.74, 6) is 0.0185. The van der Waals surface area contributed by atoms with Gasteiger partial charge in [0.2, 0.25) is 11.1 Å². The fourth-order valence-corrected chi connectivity index (χ4v) is 1.82. The van der Waals surface area contributed by atoms with Crippen LogP contribution in [0.2, 0.25) is 5.22 Å². The summed E-state index contributed by atoms with van der Waals surface area (Å²) < 4.78 is 4.83. The Kier molecular flexibility index (Phi) is 9.65. The van der Waals surface area contributed by atoms with E-state index in [0.29, 0.717) is 19.4 Å². The zero-order chi connectivity index (χ0) is 13.4. The number of hydrogen-bond acceptors (Lipinski definition) is 4. The summed E-state index contributed by atoms with van der Waals surface area (Å²) in [5.41, 5.74) is 1.56. The second-order valence-corrected chi connectivity index (χ2v) is 4.46. The Balaban J connectivity index is 0.00000324. The van der Waals surface area contributed by atoms with Crippen LogP contribution in [0.1, 0.15) is 31.0 Å². The third kappa shape index (κ3) is 6.80. The fourth-order valence-electron chi connectivity index (χ4n) is 1.56. The molecule has 0 aliphatic carbocycles. The Morgan fingerprint density at radius 1 is 1.37 bits per heavy atom. The third-order valence-corrected chi connectivity index (χ3v) is 2.89. The Morgan fingerprint density at radius 2 is 2.11 bits per heavy atom. The molecule has 7 heteroatoms. The number of nitrogens with zero attached hydrogens (tertiary/aromatic N) is 1. The van der Waals surface area contributed by atoms with Gasteiger partial charge in [-0.25, -0.2) is 0 Å². The van der Waals surface area contributed by atoms with Crippen LogP contribution in [0.5, 0.6) is 0 Å². The van der Waals surface area contributed by atoms with Crippen molar-refractivity contribution in [2.45, 2.75) is 33.1 Å². The second kappa shape index (κ2) is 10.1. The highest BCUT2D eigenvalue weighted by atomic mass is 35.5. The number of rotatable bonds is 8. The average molecular weight is 310 g/mol. The van der Waals surface area contributed by atoms with E-state index in [1.54, 1.807) is 0 Å². The van der Waals surface area contributed by atoms with Crippen molar-refractivity contribution < 1.29 is 9.32 Å². The van der Waals surface area contributed by atoms with Crippen LogP contribution in [0.25, 0.3) is 0 Å².